The molecule has 164 valence electrons. The zero-order chi connectivity index (χ0) is 23.0. The van der Waals surface area contributed by atoms with Gasteiger partial charge in [-0.25, -0.2) is 19.3 Å². The molecule has 0 unspecified atom stereocenters. The van der Waals surface area contributed by atoms with E-state index in [2.05, 4.69) is 20.9 Å². The first-order chi connectivity index (χ1) is 14.5. The number of aryl methyl sites for hydroxylation is 1. The number of carbonyl (C=O) groups is 3. The van der Waals surface area contributed by atoms with Crippen molar-refractivity contribution in [3.8, 4) is 12.3 Å². The molecule has 0 aliphatic carbocycles. The maximum atomic E-state index is 16.0. The summed E-state index contributed by atoms with van der Waals surface area (Å²) in [5.74, 6) is -3.39. The van der Waals surface area contributed by atoms with Gasteiger partial charge in [-0.15, -0.1) is 6.42 Å². The van der Waals surface area contributed by atoms with Crippen LogP contribution in [0.5, 0.6) is 0 Å². The molecule has 11 nitrogen and oxygen atoms in total. The lowest BCUT2D eigenvalue weighted by molar-refractivity contribution is -0.223. The first kappa shape index (κ1) is 22.1. The van der Waals surface area contributed by atoms with E-state index >= 15 is 4.39 Å². The lowest BCUT2D eigenvalue weighted by Crippen LogP contribution is -2.54. The van der Waals surface area contributed by atoms with E-state index in [0.717, 1.165) is 20.8 Å². The van der Waals surface area contributed by atoms with Crippen molar-refractivity contribution in [3.63, 3.8) is 0 Å². The normalized spacial score (nSPS) is 27.5. The standard InChI is InChI=1S/C19H19FN4O7/c1-6-18(30-13(5)27)16(29-12(4)26)19(20,7-28-11(3)25)31-17(18)24-9-23-14-10(2)21-8-22-15(14)24/h1,8-9,16-17H,7H2,2-5H3/t16-,17+,18+,19+/m0/s1. The van der Waals surface area contributed by atoms with Crippen molar-refractivity contribution in [2.75, 3.05) is 6.61 Å². The van der Waals surface area contributed by atoms with E-state index in [1.54, 1.807) is 6.92 Å². The summed E-state index contributed by atoms with van der Waals surface area (Å²) in [7, 11) is 0. The summed E-state index contributed by atoms with van der Waals surface area (Å²) in [6.07, 6.45) is 4.63. The van der Waals surface area contributed by atoms with Crippen molar-refractivity contribution in [2.45, 2.75) is 51.5 Å². The Balaban J connectivity index is 2.23. The molecule has 1 aliphatic rings. The van der Waals surface area contributed by atoms with Crippen LogP contribution in [0.1, 0.15) is 32.7 Å². The van der Waals surface area contributed by atoms with Gasteiger partial charge in [0.05, 0.1) is 12.0 Å². The Bertz CT molecular complexity index is 1100. The van der Waals surface area contributed by atoms with E-state index in [1.807, 2.05) is 0 Å². The third kappa shape index (κ3) is 3.79. The molecule has 0 spiro atoms. The minimum Gasteiger partial charge on any atom is -0.460 e. The minimum absolute atomic E-state index is 0.197. The molecule has 4 atom stereocenters. The van der Waals surface area contributed by atoms with Gasteiger partial charge in [-0.05, 0) is 12.8 Å². The Labute approximate surface area is 175 Å². The molecule has 1 fully saturated rings. The van der Waals surface area contributed by atoms with Crippen LogP contribution in [-0.4, -0.2) is 61.6 Å². The van der Waals surface area contributed by atoms with E-state index in [4.69, 9.17) is 25.4 Å². The number of esters is 3. The largest absolute Gasteiger partial charge is 0.460 e. The predicted octanol–water partition coefficient (Wildman–Crippen LogP) is 0.759. The lowest BCUT2D eigenvalue weighted by Gasteiger charge is -2.33. The fraction of sp³-hybridized carbons (Fsp3) is 0.474. The third-order valence-corrected chi connectivity index (χ3v) is 4.54. The number of hydrogen-bond acceptors (Lipinski definition) is 10. The van der Waals surface area contributed by atoms with Gasteiger partial charge in [0.2, 0.25) is 6.10 Å². The summed E-state index contributed by atoms with van der Waals surface area (Å²) >= 11 is 0. The minimum atomic E-state index is -2.96. The summed E-state index contributed by atoms with van der Waals surface area (Å²) in [5.41, 5.74) is -1.20. The van der Waals surface area contributed by atoms with Crippen LogP contribution in [-0.2, 0) is 33.3 Å². The molecule has 0 N–H and O–H groups in total. The van der Waals surface area contributed by atoms with Gasteiger partial charge in [-0.1, -0.05) is 0 Å². The van der Waals surface area contributed by atoms with Gasteiger partial charge in [-0.2, -0.15) is 0 Å². The summed E-state index contributed by atoms with van der Waals surface area (Å²) in [4.78, 5) is 47.3. The smallest absolute Gasteiger partial charge is 0.304 e. The number of rotatable bonds is 5. The molecule has 31 heavy (non-hydrogen) atoms. The zero-order valence-electron chi connectivity index (χ0n) is 17.1. The monoisotopic (exact) mass is 434 g/mol. The van der Waals surface area contributed by atoms with Crippen molar-refractivity contribution < 1.29 is 37.7 Å². The predicted molar refractivity (Wildman–Crippen MR) is 99.5 cm³/mol. The van der Waals surface area contributed by atoms with Crippen LogP contribution in [0.25, 0.3) is 11.2 Å². The molecule has 2 aromatic heterocycles. The van der Waals surface area contributed by atoms with E-state index in [9.17, 15) is 14.4 Å². The highest BCUT2D eigenvalue weighted by molar-refractivity contribution is 5.73. The molecule has 0 bridgehead atoms. The number of imidazole rings is 1. The van der Waals surface area contributed by atoms with Crippen LogP contribution in [0, 0.1) is 19.3 Å². The van der Waals surface area contributed by atoms with Crippen molar-refractivity contribution in [1.29, 1.82) is 0 Å². The number of halogens is 1. The number of aromatic nitrogens is 4. The maximum absolute atomic E-state index is 16.0. The van der Waals surface area contributed by atoms with Crippen molar-refractivity contribution in [2.24, 2.45) is 0 Å². The topological polar surface area (TPSA) is 132 Å². The van der Waals surface area contributed by atoms with Crippen LogP contribution in [0.15, 0.2) is 12.7 Å². The Morgan fingerprint density at radius 3 is 2.52 bits per heavy atom. The van der Waals surface area contributed by atoms with Crippen LogP contribution >= 0.6 is 0 Å². The molecular formula is C19H19FN4O7. The van der Waals surface area contributed by atoms with Crippen LogP contribution in [0.4, 0.5) is 4.39 Å². The number of ether oxygens (including phenoxy) is 4. The van der Waals surface area contributed by atoms with Gasteiger partial charge in [0.15, 0.2) is 18.5 Å². The highest BCUT2D eigenvalue weighted by atomic mass is 19.2. The number of hydrogen-bond donors (Lipinski definition) is 0. The third-order valence-electron chi connectivity index (χ3n) is 4.54. The average molecular weight is 434 g/mol. The Hall–Kier alpha value is -3.59. The molecule has 0 saturated carbocycles. The Morgan fingerprint density at radius 2 is 1.94 bits per heavy atom. The van der Waals surface area contributed by atoms with Gasteiger partial charge in [0.1, 0.15) is 11.8 Å². The van der Waals surface area contributed by atoms with Gasteiger partial charge in [0.25, 0.3) is 11.5 Å². The summed E-state index contributed by atoms with van der Waals surface area (Å²) in [6, 6.07) is 0. The second kappa shape index (κ2) is 7.92. The second-order valence-electron chi connectivity index (χ2n) is 6.84. The highest BCUT2D eigenvalue weighted by Gasteiger charge is 2.71. The average Bonchev–Trinajstić information content (AvgIpc) is 3.20. The van der Waals surface area contributed by atoms with E-state index in [0.29, 0.717) is 11.2 Å². The van der Waals surface area contributed by atoms with Crippen molar-refractivity contribution in [1.82, 2.24) is 19.5 Å². The van der Waals surface area contributed by atoms with Gasteiger partial charge in [0, 0.05) is 20.8 Å². The fourth-order valence-corrected chi connectivity index (χ4v) is 3.36. The molecule has 0 amide bonds. The van der Waals surface area contributed by atoms with Gasteiger partial charge < -0.3 is 18.9 Å². The van der Waals surface area contributed by atoms with Crippen molar-refractivity contribution in [3.05, 3.63) is 18.3 Å². The molecule has 0 radical (unpaired) electrons. The quantitative estimate of drug-likeness (QED) is 0.377. The molecule has 12 heteroatoms. The SMILES string of the molecule is C#C[C@]1(OC(C)=O)[C@H](n2cnc3c(C)ncnc32)O[C@](F)(COC(C)=O)[C@H]1OC(C)=O. The lowest BCUT2D eigenvalue weighted by atomic mass is 9.93. The molecule has 3 heterocycles. The van der Waals surface area contributed by atoms with Crippen LogP contribution < -0.4 is 0 Å². The van der Waals surface area contributed by atoms with Crippen molar-refractivity contribution >= 4 is 29.1 Å². The van der Waals surface area contributed by atoms with E-state index < -0.39 is 48.3 Å². The first-order valence-electron chi connectivity index (χ1n) is 9.03. The Kier molecular flexibility index (Phi) is 5.64. The van der Waals surface area contributed by atoms with Gasteiger partial charge in [-0.3, -0.25) is 19.0 Å². The Morgan fingerprint density at radius 1 is 1.23 bits per heavy atom. The fourth-order valence-electron chi connectivity index (χ4n) is 3.36. The van der Waals surface area contributed by atoms with Crippen LogP contribution in [0.3, 0.4) is 0 Å². The first-order valence-corrected chi connectivity index (χ1v) is 9.03. The molecule has 0 aromatic carbocycles. The number of fused-ring (bicyclic) bond motifs is 1. The second-order valence-corrected chi connectivity index (χ2v) is 6.84. The maximum Gasteiger partial charge on any atom is 0.304 e. The summed E-state index contributed by atoms with van der Waals surface area (Å²) < 4.78 is 38.0. The summed E-state index contributed by atoms with van der Waals surface area (Å²) in [5, 5.41) is 0. The molecule has 1 aliphatic heterocycles. The number of nitrogens with zero attached hydrogens (tertiary/aromatic N) is 4. The van der Waals surface area contributed by atoms with E-state index in [1.165, 1.54) is 17.2 Å². The number of terminal acetylenes is 1. The summed E-state index contributed by atoms with van der Waals surface area (Å²) in [6.45, 7) is 3.81. The molecule has 2 aromatic rings. The molecular weight excluding hydrogens is 415 g/mol. The zero-order valence-corrected chi connectivity index (χ0v) is 17.1. The number of carbonyl (C=O) groups excluding carboxylic acids is 3. The van der Waals surface area contributed by atoms with Crippen LogP contribution in [0.2, 0.25) is 0 Å². The van der Waals surface area contributed by atoms with E-state index in [-0.39, 0.29) is 5.65 Å². The molecule has 3 rings (SSSR count). The number of alkyl halides is 1. The van der Waals surface area contributed by atoms with Gasteiger partial charge >= 0.3 is 17.9 Å². The highest BCUT2D eigenvalue weighted by Crippen LogP contribution is 2.50. The molecule has 1 saturated heterocycles.